The molecule has 1 fully saturated rings. The third kappa shape index (κ3) is 5.60. The molecule has 1 saturated carbocycles. The Morgan fingerprint density at radius 2 is 1.74 bits per heavy atom. The molecule has 0 amide bonds. The second-order valence-corrected chi connectivity index (χ2v) is 7.05. The maximum Gasteiger partial charge on any atom is 0.233 e. The van der Waals surface area contributed by atoms with Gasteiger partial charge in [-0.15, -0.1) is 0 Å². The summed E-state index contributed by atoms with van der Waals surface area (Å²) >= 11 is 6.21. The number of halogens is 1. The van der Waals surface area contributed by atoms with Crippen molar-refractivity contribution in [3.05, 3.63) is 23.2 Å². The van der Waals surface area contributed by atoms with Crippen molar-refractivity contribution in [2.45, 2.75) is 51.5 Å². The molecule has 1 aromatic heterocycles. The minimum atomic E-state index is 0.410. The molecule has 0 bridgehead atoms. The van der Waals surface area contributed by atoms with Crippen molar-refractivity contribution in [1.29, 1.82) is 0 Å². The van der Waals surface area contributed by atoms with Crippen molar-refractivity contribution in [2.75, 3.05) is 29.6 Å². The molecular weight excluding hydrogens is 364 g/mol. The Hall–Kier alpha value is -2.28. The van der Waals surface area contributed by atoms with Crippen molar-refractivity contribution in [1.82, 2.24) is 15.0 Å². The Bertz CT molecular complexity index is 749. The van der Waals surface area contributed by atoms with Gasteiger partial charge in [0, 0.05) is 18.3 Å². The van der Waals surface area contributed by atoms with E-state index in [9.17, 15) is 0 Å². The summed E-state index contributed by atoms with van der Waals surface area (Å²) in [7, 11) is 1.59. The number of ether oxygens (including phenoxy) is 1. The fourth-order valence-corrected chi connectivity index (χ4v) is 3.47. The maximum atomic E-state index is 6.21. The highest BCUT2D eigenvalue weighted by Gasteiger charge is 2.15. The molecule has 0 unspecified atom stereocenters. The number of nitrogens with one attached hydrogen (secondary N) is 3. The summed E-state index contributed by atoms with van der Waals surface area (Å²) in [6, 6.07) is 5.88. The lowest BCUT2D eigenvalue weighted by molar-refractivity contribution is 0.415. The van der Waals surface area contributed by atoms with Crippen molar-refractivity contribution >= 4 is 35.1 Å². The van der Waals surface area contributed by atoms with Gasteiger partial charge < -0.3 is 20.7 Å². The average Bonchev–Trinajstić information content (AvgIpc) is 2.91. The molecule has 0 atom stereocenters. The van der Waals surface area contributed by atoms with Gasteiger partial charge in [-0.3, -0.25) is 0 Å². The van der Waals surface area contributed by atoms with Crippen molar-refractivity contribution < 1.29 is 4.74 Å². The molecule has 2 aromatic rings. The van der Waals surface area contributed by atoms with Gasteiger partial charge in [0.15, 0.2) is 0 Å². The van der Waals surface area contributed by atoms with Gasteiger partial charge in [-0.1, -0.05) is 37.3 Å². The Morgan fingerprint density at radius 1 is 1.04 bits per heavy atom. The third-order valence-corrected chi connectivity index (χ3v) is 4.86. The Labute approximate surface area is 165 Å². The fourth-order valence-electron chi connectivity index (χ4n) is 3.21. The first-order chi connectivity index (χ1) is 13.2. The SMILES string of the molecule is CCNc1nc(Nc2ccc(OC)c(Cl)c2)nc(NC2CCCCCC2)n1. The van der Waals surface area contributed by atoms with Crippen LogP contribution in [0.3, 0.4) is 0 Å². The van der Waals surface area contributed by atoms with E-state index in [1.165, 1.54) is 25.7 Å². The largest absolute Gasteiger partial charge is 0.495 e. The molecule has 7 nitrogen and oxygen atoms in total. The Kier molecular flexibility index (Phi) is 6.92. The number of benzene rings is 1. The number of hydrogen-bond donors (Lipinski definition) is 3. The Balaban J connectivity index is 1.79. The monoisotopic (exact) mass is 390 g/mol. The number of methoxy groups -OCH3 is 1. The predicted octanol–water partition coefficient (Wildman–Crippen LogP) is 4.84. The smallest absolute Gasteiger partial charge is 0.233 e. The molecule has 1 aliphatic rings. The lowest BCUT2D eigenvalue weighted by atomic mass is 10.1. The molecule has 3 N–H and O–H groups in total. The Morgan fingerprint density at radius 3 is 2.41 bits per heavy atom. The van der Waals surface area contributed by atoms with Gasteiger partial charge in [0.1, 0.15) is 5.75 Å². The highest BCUT2D eigenvalue weighted by Crippen LogP contribution is 2.28. The molecule has 1 aromatic carbocycles. The van der Waals surface area contributed by atoms with E-state index in [-0.39, 0.29) is 0 Å². The van der Waals surface area contributed by atoms with Crippen LogP contribution in [0.15, 0.2) is 18.2 Å². The van der Waals surface area contributed by atoms with Crippen molar-refractivity contribution in [3.63, 3.8) is 0 Å². The first-order valence-corrected chi connectivity index (χ1v) is 9.92. The summed E-state index contributed by atoms with van der Waals surface area (Å²) in [6.07, 6.45) is 7.42. The van der Waals surface area contributed by atoms with E-state index in [0.29, 0.717) is 34.7 Å². The van der Waals surface area contributed by atoms with Crippen LogP contribution in [0.4, 0.5) is 23.5 Å². The van der Waals surface area contributed by atoms with Crippen LogP contribution in [-0.2, 0) is 0 Å². The lowest BCUT2D eigenvalue weighted by Gasteiger charge is -2.17. The predicted molar refractivity (Wildman–Crippen MR) is 110 cm³/mol. The summed E-state index contributed by atoms with van der Waals surface area (Å²) in [4.78, 5) is 13.5. The van der Waals surface area contributed by atoms with Gasteiger partial charge >= 0.3 is 0 Å². The second kappa shape index (κ2) is 9.60. The number of aromatic nitrogens is 3. The molecular formula is C19H27ClN6O. The topological polar surface area (TPSA) is 84.0 Å². The first kappa shape index (κ1) is 19.5. The molecule has 0 spiro atoms. The van der Waals surface area contributed by atoms with Crippen LogP contribution >= 0.6 is 11.6 Å². The van der Waals surface area contributed by atoms with Crippen LogP contribution in [-0.4, -0.2) is 34.6 Å². The normalized spacial score (nSPS) is 15.1. The zero-order valence-electron chi connectivity index (χ0n) is 15.9. The van der Waals surface area contributed by atoms with E-state index in [2.05, 4.69) is 30.9 Å². The van der Waals surface area contributed by atoms with Gasteiger partial charge in [-0.25, -0.2) is 0 Å². The molecule has 1 heterocycles. The van der Waals surface area contributed by atoms with Gasteiger partial charge in [0.25, 0.3) is 0 Å². The van der Waals surface area contributed by atoms with Crippen LogP contribution in [0.2, 0.25) is 5.02 Å². The third-order valence-electron chi connectivity index (χ3n) is 4.57. The second-order valence-electron chi connectivity index (χ2n) is 6.64. The zero-order valence-corrected chi connectivity index (χ0v) is 16.6. The van der Waals surface area contributed by atoms with Gasteiger partial charge in [-0.2, -0.15) is 15.0 Å². The number of rotatable bonds is 7. The van der Waals surface area contributed by atoms with Gasteiger partial charge in [0.05, 0.1) is 12.1 Å². The van der Waals surface area contributed by atoms with Crippen LogP contribution in [0.5, 0.6) is 5.75 Å². The first-order valence-electron chi connectivity index (χ1n) is 9.55. The van der Waals surface area contributed by atoms with Crippen LogP contribution in [0.25, 0.3) is 0 Å². The molecule has 0 aliphatic heterocycles. The summed E-state index contributed by atoms with van der Waals surface area (Å²) in [6.45, 7) is 2.75. The zero-order chi connectivity index (χ0) is 19.1. The highest BCUT2D eigenvalue weighted by atomic mass is 35.5. The van der Waals surface area contributed by atoms with Crippen LogP contribution in [0.1, 0.15) is 45.4 Å². The minimum Gasteiger partial charge on any atom is -0.495 e. The quantitative estimate of drug-likeness (QED) is 0.583. The number of anilines is 4. The fraction of sp³-hybridized carbons (Fsp3) is 0.526. The van der Waals surface area contributed by atoms with Crippen molar-refractivity contribution in [3.8, 4) is 5.75 Å². The molecule has 8 heteroatoms. The van der Waals surface area contributed by atoms with E-state index >= 15 is 0 Å². The molecule has 0 saturated heterocycles. The lowest BCUT2D eigenvalue weighted by Crippen LogP contribution is -2.21. The number of hydrogen-bond acceptors (Lipinski definition) is 7. The summed E-state index contributed by atoms with van der Waals surface area (Å²) < 4.78 is 5.19. The van der Waals surface area contributed by atoms with Crippen LogP contribution < -0.4 is 20.7 Å². The summed E-state index contributed by atoms with van der Waals surface area (Å²) in [5.74, 6) is 2.24. The van der Waals surface area contributed by atoms with Crippen molar-refractivity contribution in [2.24, 2.45) is 0 Å². The summed E-state index contributed by atoms with van der Waals surface area (Å²) in [5.41, 5.74) is 0.787. The molecule has 3 rings (SSSR count). The summed E-state index contributed by atoms with van der Waals surface area (Å²) in [5, 5.41) is 10.4. The number of nitrogens with zero attached hydrogens (tertiary/aromatic N) is 3. The molecule has 146 valence electrons. The molecule has 0 radical (unpaired) electrons. The van der Waals surface area contributed by atoms with E-state index in [1.54, 1.807) is 13.2 Å². The molecule has 27 heavy (non-hydrogen) atoms. The van der Waals surface area contributed by atoms with Gasteiger partial charge in [0.2, 0.25) is 17.8 Å². The highest BCUT2D eigenvalue weighted by molar-refractivity contribution is 6.32. The van der Waals surface area contributed by atoms with Crippen LogP contribution in [0, 0.1) is 0 Å². The van der Waals surface area contributed by atoms with E-state index in [0.717, 1.165) is 25.1 Å². The van der Waals surface area contributed by atoms with E-state index in [1.807, 2.05) is 19.1 Å². The maximum absolute atomic E-state index is 6.21. The van der Waals surface area contributed by atoms with E-state index < -0.39 is 0 Å². The molecule has 1 aliphatic carbocycles. The average molecular weight is 391 g/mol. The minimum absolute atomic E-state index is 0.410. The van der Waals surface area contributed by atoms with E-state index in [4.69, 9.17) is 16.3 Å². The van der Waals surface area contributed by atoms with Gasteiger partial charge in [-0.05, 0) is 38.0 Å². The standard InChI is InChI=1S/C19H27ClN6O/c1-3-21-17-24-18(22-13-8-6-4-5-7-9-13)26-19(25-17)23-14-10-11-16(27-2)15(20)12-14/h10-13H,3-9H2,1-2H3,(H3,21,22,23,24,25,26).